The largest absolute Gasteiger partial charge is 0.465 e. The zero-order valence-electron chi connectivity index (χ0n) is 9.69. The van der Waals surface area contributed by atoms with Crippen molar-refractivity contribution >= 4 is 28.6 Å². The molecular formula is C11H12N4O3. The zero-order chi connectivity index (χ0) is 13.3. The number of methoxy groups -OCH3 is 1. The van der Waals surface area contributed by atoms with Crippen molar-refractivity contribution in [1.82, 2.24) is 9.97 Å². The molecule has 1 aromatic carbocycles. The van der Waals surface area contributed by atoms with Crippen LogP contribution >= 0.6 is 0 Å². The van der Waals surface area contributed by atoms with Crippen LogP contribution in [0, 0.1) is 0 Å². The second-order valence-corrected chi connectivity index (χ2v) is 3.78. The van der Waals surface area contributed by atoms with Crippen LogP contribution in [0.5, 0.6) is 0 Å². The first-order chi connectivity index (χ1) is 8.51. The predicted molar refractivity (Wildman–Crippen MR) is 64.7 cm³/mol. The van der Waals surface area contributed by atoms with Gasteiger partial charge in [-0.2, -0.15) is 0 Å². The number of nitrogens with one attached hydrogen (secondary N) is 1. The van der Waals surface area contributed by atoms with Crippen LogP contribution in [0.25, 0.3) is 11.0 Å². The van der Waals surface area contributed by atoms with Crippen molar-refractivity contribution in [2.75, 3.05) is 12.8 Å². The van der Waals surface area contributed by atoms with E-state index in [4.69, 9.17) is 11.5 Å². The van der Waals surface area contributed by atoms with Crippen LogP contribution in [0.4, 0.5) is 5.69 Å². The second kappa shape index (κ2) is 4.36. The van der Waals surface area contributed by atoms with E-state index in [1.165, 1.54) is 13.2 Å². The Morgan fingerprint density at radius 1 is 1.44 bits per heavy atom. The highest BCUT2D eigenvalue weighted by Gasteiger charge is 2.16. The number of esters is 1. The first-order valence-electron chi connectivity index (χ1n) is 5.16. The molecular weight excluding hydrogens is 236 g/mol. The van der Waals surface area contributed by atoms with Gasteiger partial charge in [-0.1, -0.05) is 0 Å². The second-order valence-electron chi connectivity index (χ2n) is 3.78. The van der Waals surface area contributed by atoms with Gasteiger partial charge in [-0.25, -0.2) is 9.78 Å². The molecule has 0 saturated heterocycles. The third-order valence-corrected chi connectivity index (χ3v) is 2.40. The summed E-state index contributed by atoms with van der Waals surface area (Å²) in [6.07, 6.45) is -0.0325. The lowest BCUT2D eigenvalue weighted by molar-refractivity contribution is -0.117. The van der Waals surface area contributed by atoms with E-state index < -0.39 is 11.9 Å². The summed E-state index contributed by atoms with van der Waals surface area (Å²) in [7, 11) is 1.27. The third kappa shape index (κ3) is 2.10. The molecule has 5 N–H and O–H groups in total. The summed E-state index contributed by atoms with van der Waals surface area (Å²) in [5, 5.41) is 0. The van der Waals surface area contributed by atoms with E-state index in [1.54, 1.807) is 6.07 Å². The highest BCUT2D eigenvalue weighted by Crippen LogP contribution is 2.21. The van der Waals surface area contributed by atoms with Gasteiger partial charge >= 0.3 is 5.97 Å². The van der Waals surface area contributed by atoms with Gasteiger partial charge in [0.25, 0.3) is 0 Å². The van der Waals surface area contributed by atoms with E-state index in [9.17, 15) is 9.59 Å². The molecule has 0 radical (unpaired) electrons. The molecule has 2 rings (SSSR count). The summed E-state index contributed by atoms with van der Waals surface area (Å²) in [6, 6.07) is 3.10. The van der Waals surface area contributed by atoms with Crippen LogP contribution in [-0.4, -0.2) is 29.0 Å². The lowest BCUT2D eigenvalue weighted by Crippen LogP contribution is -2.14. The highest BCUT2D eigenvalue weighted by atomic mass is 16.5. The Morgan fingerprint density at radius 3 is 2.78 bits per heavy atom. The first kappa shape index (κ1) is 11.9. The maximum atomic E-state index is 11.6. The molecule has 0 unspecified atom stereocenters. The summed E-state index contributed by atoms with van der Waals surface area (Å²) in [5.74, 6) is -0.667. The lowest BCUT2D eigenvalue weighted by Gasteiger charge is -2.01. The summed E-state index contributed by atoms with van der Waals surface area (Å²) in [5.41, 5.74) is 12.4. The van der Waals surface area contributed by atoms with Gasteiger partial charge in [0.05, 0.1) is 24.6 Å². The molecule has 0 aliphatic carbocycles. The smallest absolute Gasteiger partial charge is 0.340 e. The van der Waals surface area contributed by atoms with Crippen molar-refractivity contribution in [3.05, 3.63) is 23.5 Å². The molecule has 18 heavy (non-hydrogen) atoms. The first-order valence-corrected chi connectivity index (χ1v) is 5.16. The number of hydrogen-bond acceptors (Lipinski definition) is 5. The summed E-state index contributed by atoms with van der Waals surface area (Å²) >= 11 is 0. The molecule has 0 spiro atoms. The third-order valence-electron chi connectivity index (χ3n) is 2.40. The minimum absolute atomic E-state index is 0.0325. The van der Waals surface area contributed by atoms with Gasteiger partial charge in [0.15, 0.2) is 0 Å². The van der Waals surface area contributed by atoms with Gasteiger partial charge in [-0.05, 0) is 12.1 Å². The molecule has 0 saturated carbocycles. The fourth-order valence-electron chi connectivity index (χ4n) is 1.71. The van der Waals surface area contributed by atoms with Crippen LogP contribution in [0.2, 0.25) is 0 Å². The maximum absolute atomic E-state index is 11.6. The number of nitrogens with two attached hydrogens (primary N) is 2. The molecule has 0 atom stereocenters. The van der Waals surface area contributed by atoms with Crippen LogP contribution in [0.1, 0.15) is 16.2 Å². The fourth-order valence-corrected chi connectivity index (χ4v) is 1.71. The molecule has 0 bridgehead atoms. The topological polar surface area (TPSA) is 124 Å². The van der Waals surface area contributed by atoms with Gasteiger partial charge in [-0.15, -0.1) is 0 Å². The Bertz CT molecular complexity index is 632. The summed E-state index contributed by atoms with van der Waals surface area (Å²) in [4.78, 5) is 29.5. The lowest BCUT2D eigenvalue weighted by atomic mass is 10.1. The van der Waals surface area contributed by atoms with Crippen molar-refractivity contribution in [1.29, 1.82) is 0 Å². The number of nitrogens with zero attached hydrogens (tertiary/aromatic N) is 1. The quantitative estimate of drug-likeness (QED) is 0.519. The number of imidazole rings is 1. The molecule has 7 nitrogen and oxygen atoms in total. The van der Waals surface area contributed by atoms with Crippen LogP contribution in [-0.2, 0) is 16.0 Å². The van der Waals surface area contributed by atoms with Crippen LogP contribution in [0.15, 0.2) is 12.1 Å². The molecule has 1 aromatic heterocycles. The van der Waals surface area contributed by atoms with E-state index >= 15 is 0 Å². The number of H-pyrrole nitrogens is 1. The summed E-state index contributed by atoms with van der Waals surface area (Å²) in [6.45, 7) is 0. The number of rotatable bonds is 3. The van der Waals surface area contributed by atoms with Gasteiger partial charge in [0, 0.05) is 5.69 Å². The highest BCUT2D eigenvalue weighted by molar-refractivity contribution is 6.03. The van der Waals surface area contributed by atoms with Crippen LogP contribution in [0.3, 0.4) is 0 Å². The Labute approximate surface area is 102 Å². The van der Waals surface area contributed by atoms with Crippen molar-refractivity contribution in [3.8, 4) is 0 Å². The van der Waals surface area contributed by atoms with Crippen molar-refractivity contribution < 1.29 is 14.3 Å². The molecule has 0 fully saturated rings. The zero-order valence-corrected chi connectivity index (χ0v) is 9.69. The van der Waals surface area contributed by atoms with E-state index in [0.717, 1.165) is 0 Å². The van der Waals surface area contributed by atoms with Gasteiger partial charge in [0.2, 0.25) is 5.91 Å². The number of carbonyl (C=O) groups excluding carboxylic acids is 2. The van der Waals surface area contributed by atoms with Crippen molar-refractivity contribution in [3.63, 3.8) is 0 Å². The Balaban J connectivity index is 2.60. The number of anilines is 1. The maximum Gasteiger partial charge on any atom is 0.340 e. The number of nitrogen functional groups attached to an aromatic ring is 1. The van der Waals surface area contributed by atoms with Gasteiger partial charge in [0.1, 0.15) is 11.3 Å². The normalized spacial score (nSPS) is 10.5. The molecule has 7 heteroatoms. The standard InChI is InChI=1S/C11H12N4O3/c1-18-11(17)6-2-5(12)3-7-10(6)15-9(14-7)4-8(13)16/h2-3H,4,12H2,1H3,(H2,13,16)(H,14,15). The number of fused-ring (bicyclic) bond motifs is 1. The monoisotopic (exact) mass is 248 g/mol. The molecule has 1 heterocycles. The SMILES string of the molecule is COC(=O)c1cc(N)cc2[nH]c(CC(N)=O)nc12. The van der Waals surface area contributed by atoms with Crippen molar-refractivity contribution in [2.24, 2.45) is 5.73 Å². The number of aromatic amines is 1. The number of carbonyl (C=O) groups is 2. The molecule has 2 aromatic rings. The number of primary amides is 1. The Morgan fingerprint density at radius 2 is 2.17 bits per heavy atom. The average Bonchev–Trinajstić information content (AvgIpc) is 2.67. The number of benzene rings is 1. The molecule has 94 valence electrons. The molecule has 0 aliphatic rings. The number of hydrogen-bond donors (Lipinski definition) is 3. The number of aromatic nitrogens is 2. The van der Waals surface area contributed by atoms with E-state index in [-0.39, 0.29) is 12.0 Å². The van der Waals surface area contributed by atoms with Crippen LogP contribution < -0.4 is 11.5 Å². The number of ether oxygens (including phenoxy) is 1. The Kier molecular flexibility index (Phi) is 2.88. The van der Waals surface area contributed by atoms with E-state index in [0.29, 0.717) is 22.5 Å². The molecule has 1 amide bonds. The molecule has 0 aliphatic heterocycles. The van der Waals surface area contributed by atoms with E-state index in [1.807, 2.05) is 0 Å². The van der Waals surface area contributed by atoms with Gasteiger partial charge < -0.3 is 21.2 Å². The summed E-state index contributed by atoms with van der Waals surface area (Å²) < 4.78 is 4.65. The van der Waals surface area contributed by atoms with Gasteiger partial charge in [-0.3, -0.25) is 4.79 Å². The average molecular weight is 248 g/mol. The van der Waals surface area contributed by atoms with E-state index in [2.05, 4.69) is 14.7 Å². The fraction of sp³-hybridized carbons (Fsp3) is 0.182. The minimum Gasteiger partial charge on any atom is -0.465 e. The Hall–Kier alpha value is -2.57. The minimum atomic E-state index is -0.538. The van der Waals surface area contributed by atoms with Crippen molar-refractivity contribution in [2.45, 2.75) is 6.42 Å². The predicted octanol–water partition coefficient (Wildman–Crippen LogP) is -0.0405. The number of amides is 1.